The van der Waals surface area contributed by atoms with Crippen molar-refractivity contribution >= 4 is 6.09 Å². The van der Waals surface area contributed by atoms with E-state index in [-0.39, 0.29) is 23.8 Å². The van der Waals surface area contributed by atoms with Gasteiger partial charge in [-0.3, -0.25) is 0 Å². The first-order valence-electron chi connectivity index (χ1n) is 8.13. The van der Waals surface area contributed by atoms with Gasteiger partial charge in [-0.2, -0.15) is 0 Å². The Balaban J connectivity index is 1.89. The number of nitrogens with zero attached hydrogens (tertiary/aromatic N) is 2. The van der Waals surface area contributed by atoms with Crippen LogP contribution in [0.25, 0.3) is 0 Å². The number of carbonyl (C=O) groups is 1. The van der Waals surface area contributed by atoms with Crippen molar-refractivity contribution in [3.63, 3.8) is 0 Å². The molecular weight excluding hydrogens is 296 g/mol. The maximum atomic E-state index is 12.3. The molecule has 6 heteroatoms. The van der Waals surface area contributed by atoms with Crippen LogP contribution >= 0.6 is 0 Å². The summed E-state index contributed by atoms with van der Waals surface area (Å²) < 4.78 is 11.0. The summed E-state index contributed by atoms with van der Waals surface area (Å²) >= 11 is 0. The molecule has 1 aliphatic rings. The Kier molecular flexibility index (Phi) is 5.69. The number of likely N-dealkylation sites (tertiary alicyclic amines) is 1. The average molecular weight is 322 g/mol. The number of carbonyl (C=O) groups excluding carboxylic acids is 1. The molecule has 1 unspecified atom stereocenters. The van der Waals surface area contributed by atoms with Gasteiger partial charge < -0.3 is 19.5 Å². The molecule has 2 heterocycles. The second-order valence-electron chi connectivity index (χ2n) is 6.79. The molecule has 0 aromatic carbocycles. The van der Waals surface area contributed by atoms with E-state index < -0.39 is 5.60 Å². The van der Waals surface area contributed by atoms with E-state index in [2.05, 4.69) is 4.98 Å². The molecular formula is C17H26N2O4. The molecule has 0 radical (unpaired) electrons. The lowest BCUT2D eigenvalue weighted by atomic mass is 10.0. The number of pyridine rings is 1. The first-order valence-corrected chi connectivity index (χ1v) is 8.13. The lowest BCUT2D eigenvalue weighted by Gasteiger charge is -2.36. The van der Waals surface area contributed by atoms with Crippen molar-refractivity contribution in [3.8, 4) is 11.6 Å². The van der Waals surface area contributed by atoms with Gasteiger partial charge in [0.05, 0.1) is 6.61 Å². The molecule has 6 nitrogen and oxygen atoms in total. The third-order valence-corrected chi connectivity index (χ3v) is 3.70. The van der Waals surface area contributed by atoms with Crippen molar-refractivity contribution in [3.05, 3.63) is 18.3 Å². The van der Waals surface area contributed by atoms with Crippen molar-refractivity contribution < 1.29 is 19.4 Å². The van der Waals surface area contributed by atoms with Gasteiger partial charge in [0.2, 0.25) is 0 Å². The van der Waals surface area contributed by atoms with Crippen LogP contribution in [0.15, 0.2) is 18.3 Å². The van der Waals surface area contributed by atoms with Crippen LogP contribution in [0.4, 0.5) is 4.79 Å². The largest absolute Gasteiger partial charge is 0.503 e. The molecule has 1 amide bonds. The molecule has 0 aliphatic carbocycles. The summed E-state index contributed by atoms with van der Waals surface area (Å²) in [4.78, 5) is 18.1. The fraction of sp³-hybridized carbons (Fsp3) is 0.647. The number of aromatic hydroxyl groups is 1. The van der Waals surface area contributed by atoms with Crippen molar-refractivity contribution in [1.82, 2.24) is 9.88 Å². The predicted octanol–water partition coefficient (Wildman–Crippen LogP) is 3.35. The van der Waals surface area contributed by atoms with Gasteiger partial charge in [0.25, 0.3) is 5.88 Å². The summed E-state index contributed by atoms with van der Waals surface area (Å²) in [6.07, 6.45) is 5.04. The van der Waals surface area contributed by atoms with E-state index in [4.69, 9.17) is 9.47 Å². The van der Waals surface area contributed by atoms with E-state index in [1.165, 1.54) is 6.07 Å². The van der Waals surface area contributed by atoms with Gasteiger partial charge in [-0.05, 0) is 52.2 Å². The highest BCUT2D eigenvalue weighted by atomic mass is 16.6. The number of piperidine rings is 1. The highest BCUT2D eigenvalue weighted by molar-refractivity contribution is 5.68. The number of aromatic nitrogens is 1. The van der Waals surface area contributed by atoms with Crippen LogP contribution < -0.4 is 4.74 Å². The van der Waals surface area contributed by atoms with E-state index in [1.54, 1.807) is 17.2 Å². The number of hydrogen-bond donors (Lipinski definition) is 1. The molecule has 2 rings (SSSR count). The minimum Gasteiger partial charge on any atom is -0.503 e. The van der Waals surface area contributed by atoms with E-state index in [0.29, 0.717) is 19.6 Å². The third kappa shape index (κ3) is 5.30. The van der Waals surface area contributed by atoms with Crippen molar-refractivity contribution in [2.75, 3.05) is 13.2 Å². The van der Waals surface area contributed by atoms with E-state index in [1.807, 2.05) is 20.8 Å². The SMILES string of the molecule is CC(C)(C)OC(=O)N1CCCCC1CCOc1ncccc1O. The van der Waals surface area contributed by atoms with Gasteiger partial charge in [0, 0.05) is 25.2 Å². The van der Waals surface area contributed by atoms with Crippen molar-refractivity contribution in [1.29, 1.82) is 0 Å². The first-order chi connectivity index (χ1) is 10.9. The number of hydrogen-bond acceptors (Lipinski definition) is 5. The molecule has 1 saturated heterocycles. The summed E-state index contributed by atoms with van der Waals surface area (Å²) in [5, 5.41) is 9.64. The van der Waals surface area contributed by atoms with E-state index in [9.17, 15) is 9.90 Å². The lowest BCUT2D eigenvalue weighted by molar-refractivity contribution is 0.00733. The molecule has 1 aromatic heterocycles. The summed E-state index contributed by atoms with van der Waals surface area (Å²) in [6.45, 7) is 6.73. The van der Waals surface area contributed by atoms with Crippen LogP contribution in [0.2, 0.25) is 0 Å². The third-order valence-electron chi connectivity index (χ3n) is 3.70. The standard InChI is InChI=1S/C17H26N2O4/c1-17(2,3)23-16(21)19-11-5-4-7-13(19)9-12-22-15-14(20)8-6-10-18-15/h6,8,10,13,20H,4-5,7,9,11-12H2,1-3H3. The first kappa shape index (κ1) is 17.4. The Labute approximate surface area is 137 Å². The Morgan fingerprint density at radius 3 is 2.91 bits per heavy atom. The van der Waals surface area contributed by atoms with Gasteiger partial charge in [-0.25, -0.2) is 9.78 Å². The second kappa shape index (κ2) is 7.53. The normalized spacial score (nSPS) is 18.6. The Hall–Kier alpha value is -1.98. The highest BCUT2D eigenvalue weighted by Gasteiger charge is 2.30. The number of amides is 1. The molecule has 1 N–H and O–H groups in total. The highest BCUT2D eigenvalue weighted by Crippen LogP contribution is 2.24. The predicted molar refractivity (Wildman–Crippen MR) is 86.6 cm³/mol. The Morgan fingerprint density at radius 2 is 2.22 bits per heavy atom. The van der Waals surface area contributed by atoms with Gasteiger partial charge >= 0.3 is 6.09 Å². The molecule has 1 fully saturated rings. The van der Waals surface area contributed by atoms with Crippen LogP contribution in [-0.2, 0) is 4.74 Å². The smallest absolute Gasteiger partial charge is 0.410 e. The van der Waals surface area contributed by atoms with Gasteiger partial charge in [0.1, 0.15) is 5.60 Å². The maximum Gasteiger partial charge on any atom is 0.410 e. The van der Waals surface area contributed by atoms with Crippen LogP contribution in [0.5, 0.6) is 11.6 Å². The van der Waals surface area contributed by atoms with Gasteiger partial charge in [0.15, 0.2) is 5.75 Å². The molecule has 1 aliphatic heterocycles. The summed E-state index contributed by atoms with van der Waals surface area (Å²) in [5.74, 6) is 0.257. The summed E-state index contributed by atoms with van der Waals surface area (Å²) in [6, 6.07) is 3.29. The second-order valence-corrected chi connectivity index (χ2v) is 6.79. The lowest BCUT2D eigenvalue weighted by Crippen LogP contribution is -2.46. The summed E-state index contributed by atoms with van der Waals surface area (Å²) in [7, 11) is 0. The monoisotopic (exact) mass is 322 g/mol. The molecule has 0 bridgehead atoms. The molecule has 128 valence electrons. The topological polar surface area (TPSA) is 71.9 Å². The number of ether oxygens (including phenoxy) is 2. The summed E-state index contributed by atoms with van der Waals surface area (Å²) in [5.41, 5.74) is -0.491. The minimum atomic E-state index is -0.491. The zero-order valence-electron chi connectivity index (χ0n) is 14.1. The fourth-order valence-corrected chi connectivity index (χ4v) is 2.65. The molecule has 0 saturated carbocycles. The van der Waals surface area contributed by atoms with E-state index >= 15 is 0 Å². The zero-order valence-corrected chi connectivity index (χ0v) is 14.1. The van der Waals surface area contributed by atoms with Crippen LogP contribution in [0, 0.1) is 0 Å². The van der Waals surface area contributed by atoms with Crippen LogP contribution in [-0.4, -0.2) is 45.9 Å². The zero-order chi connectivity index (χ0) is 16.9. The van der Waals surface area contributed by atoms with Crippen LogP contribution in [0.1, 0.15) is 46.5 Å². The Morgan fingerprint density at radius 1 is 1.43 bits per heavy atom. The fourth-order valence-electron chi connectivity index (χ4n) is 2.65. The van der Waals surface area contributed by atoms with Gasteiger partial charge in [-0.15, -0.1) is 0 Å². The molecule has 23 heavy (non-hydrogen) atoms. The minimum absolute atomic E-state index is 0.0279. The Bertz CT molecular complexity index is 528. The van der Waals surface area contributed by atoms with Crippen molar-refractivity contribution in [2.24, 2.45) is 0 Å². The average Bonchev–Trinajstić information content (AvgIpc) is 2.48. The molecule has 0 spiro atoms. The van der Waals surface area contributed by atoms with Gasteiger partial charge in [-0.1, -0.05) is 0 Å². The molecule has 1 aromatic rings. The van der Waals surface area contributed by atoms with Crippen LogP contribution in [0.3, 0.4) is 0 Å². The molecule has 1 atom stereocenters. The number of rotatable bonds is 4. The van der Waals surface area contributed by atoms with E-state index in [0.717, 1.165) is 19.3 Å². The van der Waals surface area contributed by atoms with Crippen molar-refractivity contribution in [2.45, 2.75) is 58.1 Å². The maximum absolute atomic E-state index is 12.3. The quantitative estimate of drug-likeness (QED) is 0.920.